The van der Waals surface area contributed by atoms with Gasteiger partial charge in [-0.25, -0.2) is 0 Å². The van der Waals surface area contributed by atoms with Gasteiger partial charge in [0.05, 0.1) is 6.61 Å². The minimum atomic E-state index is -0.652. The van der Waals surface area contributed by atoms with E-state index in [0.717, 1.165) is 25.0 Å². The van der Waals surface area contributed by atoms with Gasteiger partial charge < -0.3 is 4.74 Å². The zero-order chi connectivity index (χ0) is 18.8. The van der Waals surface area contributed by atoms with Crippen molar-refractivity contribution < 1.29 is 14.3 Å². The van der Waals surface area contributed by atoms with E-state index in [9.17, 15) is 9.59 Å². The largest absolute Gasteiger partial charge is 0.465 e. The molecule has 2 aliphatic rings. The second kappa shape index (κ2) is 7.93. The van der Waals surface area contributed by atoms with Gasteiger partial charge in [-0.1, -0.05) is 36.2 Å². The predicted octanol–water partition coefficient (Wildman–Crippen LogP) is 5.13. The zero-order valence-corrected chi connectivity index (χ0v) is 16.4. The van der Waals surface area contributed by atoms with Crippen LogP contribution in [0.5, 0.6) is 0 Å². The van der Waals surface area contributed by atoms with Crippen molar-refractivity contribution in [3.63, 3.8) is 0 Å². The number of esters is 1. The second-order valence-corrected chi connectivity index (χ2v) is 7.52. The fraction of sp³-hybridized carbons (Fsp3) is 0.450. The first kappa shape index (κ1) is 19.1. The number of ether oxygens (including phenoxy) is 1. The molecule has 1 heterocycles. The normalized spacial score (nSPS) is 22.8. The van der Waals surface area contributed by atoms with Gasteiger partial charge in [-0.05, 0) is 43.9 Å². The van der Waals surface area contributed by atoms with E-state index in [-0.39, 0.29) is 11.8 Å². The fourth-order valence-electron chi connectivity index (χ4n) is 3.69. The van der Waals surface area contributed by atoms with Gasteiger partial charge in [0.15, 0.2) is 5.78 Å². The molecule has 0 N–H and O–H groups in total. The maximum absolute atomic E-state index is 12.8. The monoisotopic (exact) mass is 393 g/mol. The highest BCUT2D eigenvalue weighted by Gasteiger charge is 2.43. The zero-order valence-electron chi connectivity index (χ0n) is 14.9. The molecule has 2 atom stereocenters. The maximum atomic E-state index is 12.8. The Balaban J connectivity index is 2.14. The van der Waals surface area contributed by atoms with E-state index < -0.39 is 11.8 Å². The summed E-state index contributed by atoms with van der Waals surface area (Å²) in [5, 5.41) is 0.949. The Labute approximate surface area is 163 Å². The van der Waals surface area contributed by atoms with Gasteiger partial charge in [0, 0.05) is 39.4 Å². The number of aliphatic imine (C=N–C) groups is 1. The number of hydrogen-bond acceptors (Lipinski definition) is 4. The van der Waals surface area contributed by atoms with Crippen LogP contribution in [0.15, 0.2) is 34.5 Å². The summed E-state index contributed by atoms with van der Waals surface area (Å²) in [5.74, 6) is -1.47. The van der Waals surface area contributed by atoms with Gasteiger partial charge in [-0.15, -0.1) is 0 Å². The second-order valence-electron chi connectivity index (χ2n) is 6.68. The van der Waals surface area contributed by atoms with Crippen molar-refractivity contribution in [1.82, 2.24) is 0 Å². The molecule has 3 rings (SSSR count). The Kier molecular flexibility index (Phi) is 5.83. The summed E-state index contributed by atoms with van der Waals surface area (Å²) in [6.45, 7) is 4.09. The highest BCUT2D eigenvalue weighted by molar-refractivity contribution is 6.35. The van der Waals surface area contributed by atoms with Crippen LogP contribution in [0, 0.1) is 5.92 Å². The smallest absolute Gasteiger partial charge is 0.315 e. The highest BCUT2D eigenvalue weighted by Crippen LogP contribution is 2.45. The minimum Gasteiger partial charge on any atom is -0.465 e. The summed E-state index contributed by atoms with van der Waals surface area (Å²) in [6.07, 6.45) is 2.71. The third-order valence-corrected chi connectivity index (χ3v) is 5.40. The van der Waals surface area contributed by atoms with Gasteiger partial charge in [0.2, 0.25) is 0 Å². The van der Waals surface area contributed by atoms with Gasteiger partial charge in [0.25, 0.3) is 0 Å². The molecule has 1 aromatic carbocycles. The molecule has 0 bridgehead atoms. The Morgan fingerprint density at radius 1 is 1.31 bits per heavy atom. The van der Waals surface area contributed by atoms with Crippen LogP contribution in [0.2, 0.25) is 10.0 Å². The quantitative estimate of drug-likeness (QED) is 0.666. The molecular weight excluding hydrogens is 373 g/mol. The molecule has 6 heteroatoms. The van der Waals surface area contributed by atoms with Crippen LogP contribution >= 0.6 is 23.2 Å². The van der Waals surface area contributed by atoms with Crippen molar-refractivity contribution in [1.29, 1.82) is 0 Å². The average Bonchev–Trinajstić information content (AvgIpc) is 2.59. The lowest BCUT2D eigenvalue weighted by Crippen LogP contribution is -2.37. The number of rotatable bonds is 4. The first-order valence-electron chi connectivity index (χ1n) is 8.87. The number of carbonyl (C=O) groups is 2. The molecule has 1 aliphatic carbocycles. The topological polar surface area (TPSA) is 55.7 Å². The lowest BCUT2D eigenvalue weighted by molar-refractivity contribution is -0.146. The molecule has 0 amide bonds. The van der Waals surface area contributed by atoms with Crippen molar-refractivity contribution in [2.24, 2.45) is 10.9 Å². The van der Waals surface area contributed by atoms with Crippen LogP contribution in [0.3, 0.4) is 0 Å². The third kappa shape index (κ3) is 3.58. The van der Waals surface area contributed by atoms with Crippen LogP contribution in [0.1, 0.15) is 51.0 Å². The Bertz CT molecular complexity index is 813. The van der Waals surface area contributed by atoms with E-state index in [1.54, 1.807) is 18.2 Å². The lowest BCUT2D eigenvalue weighted by Gasteiger charge is -2.34. The van der Waals surface area contributed by atoms with Crippen LogP contribution in [-0.4, -0.2) is 24.1 Å². The van der Waals surface area contributed by atoms with Crippen LogP contribution in [0.4, 0.5) is 0 Å². The molecule has 1 aromatic rings. The molecule has 0 spiro atoms. The van der Waals surface area contributed by atoms with E-state index >= 15 is 0 Å². The number of benzene rings is 1. The van der Waals surface area contributed by atoms with Crippen molar-refractivity contribution in [3.8, 4) is 0 Å². The van der Waals surface area contributed by atoms with Crippen LogP contribution in [-0.2, 0) is 14.3 Å². The highest BCUT2D eigenvalue weighted by atomic mass is 35.5. The lowest BCUT2D eigenvalue weighted by atomic mass is 9.71. The number of nitrogens with zero attached hydrogens (tertiary/aromatic N) is 1. The van der Waals surface area contributed by atoms with E-state index in [4.69, 9.17) is 27.9 Å². The van der Waals surface area contributed by atoms with E-state index in [1.807, 2.05) is 13.8 Å². The first-order valence-corrected chi connectivity index (χ1v) is 9.62. The first-order chi connectivity index (χ1) is 12.4. The summed E-state index contributed by atoms with van der Waals surface area (Å²) >= 11 is 12.5. The maximum Gasteiger partial charge on any atom is 0.315 e. The summed E-state index contributed by atoms with van der Waals surface area (Å²) in [5.41, 5.74) is 2.75. The number of allylic oxidation sites excluding steroid dienone is 2. The number of ketones is 1. The summed E-state index contributed by atoms with van der Waals surface area (Å²) < 4.78 is 5.41. The molecule has 0 fully saturated rings. The molecule has 0 aromatic heterocycles. The van der Waals surface area contributed by atoms with Gasteiger partial charge in [0.1, 0.15) is 5.92 Å². The standard InChI is InChI=1S/C20H21Cl2NO3/c1-3-9-26-20(25)17-11(2)23-15-5-4-6-16(24)19(15)18(17)13-8-7-12(21)10-14(13)22/h7-8,10,17-18H,3-6,9H2,1-2H3/t17?,18-/m0/s1. The molecule has 138 valence electrons. The summed E-state index contributed by atoms with van der Waals surface area (Å²) in [6, 6.07) is 5.16. The average molecular weight is 394 g/mol. The van der Waals surface area contributed by atoms with Crippen molar-refractivity contribution in [2.75, 3.05) is 6.61 Å². The molecule has 0 saturated carbocycles. The van der Waals surface area contributed by atoms with Gasteiger partial charge in [-0.3, -0.25) is 14.6 Å². The SMILES string of the molecule is CCCOC(=O)C1C(C)=NC2=C(C(=O)CCC2)[C@H]1c1ccc(Cl)cc1Cl. The fourth-order valence-corrected chi connectivity index (χ4v) is 4.22. The van der Waals surface area contributed by atoms with Gasteiger partial charge >= 0.3 is 5.97 Å². The molecular formula is C20H21Cl2NO3. The Morgan fingerprint density at radius 2 is 2.08 bits per heavy atom. The van der Waals surface area contributed by atoms with Crippen LogP contribution < -0.4 is 0 Å². The minimum absolute atomic E-state index is 0.0341. The van der Waals surface area contributed by atoms with E-state index in [1.165, 1.54) is 0 Å². The number of carbonyl (C=O) groups excluding carboxylic acids is 2. The van der Waals surface area contributed by atoms with Crippen LogP contribution in [0.25, 0.3) is 0 Å². The third-order valence-electron chi connectivity index (χ3n) is 4.83. The Hall–Kier alpha value is -1.65. The predicted molar refractivity (Wildman–Crippen MR) is 103 cm³/mol. The van der Waals surface area contributed by atoms with Crippen molar-refractivity contribution >= 4 is 40.7 Å². The molecule has 26 heavy (non-hydrogen) atoms. The van der Waals surface area contributed by atoms with Crippen molar-refractivity contribution in [2.45, 2.75) is 45.4 Å². The van der Waals surface area contributed by atoms with E-state index in [2.05, 4.69) is 4.99 Å². The number of Topliss-reactive ketones (excluding diaryl/α,β-unsaturated/α-hetero) is 1. The molecule has 1 aliphatic heterocycles. The van der Waals surface area contributed by atoms with Gasteiger partial charge in [-0.2, -0.15) is 0 Å². The molecule has 0 saturated heterocycles. The molecule has 4 nitrogen and oxygen atoms in total. The summed E-state index contributed by atoms with van der Waals surface area (Å²) in [7, 11) is 0. The Morgan fingerprint density at radius 3 is 2.77 bits per heavy atom. The van der Waals surface area contributed by atoms with E-state index in [0.29, 0.717) is 39.9 Å². The number of halogens is 2. The summed E-state index contributed by atoms with van der Waals surface area (Å²) in [4.78, 5) is 30.1. The van der Waals surface area contributed by atoms with Crippen molar-refractivity contribution in [3.05, 3.63) is 45.1 Å². The molecule has 1 unspecified atom stereocenters. The molecule has 0 radical (unpaired) electrons. The number of hydrogen-bond donors (Lipinski definition) is 0.